The van der Waals surface area contributed by atoms with Crippen LogP contribution < -0.4 is 10.1 Å². The first-order valence-corrected chi connectivity index (χ1v) is 11.7. The summed E-state index contributed by atoms with van der Waals surface area (Å²) in [5, 5.41) is 2.72. The Labute approximate surface area is 203 Å². The van der Waals surface area contributed by atoms with Crippen molar-refractivity contribution in [1.82, 2.24) is 10.2 Å². The van der Waals surface area contributed by atoms with Gasteiger partial charge in [-0.15, -0.1) is 0 Å². The number of amides is 2. The second-order valence-corrected chi connectivity index (χ2v) is 8.94. The molecule has 0 aliphatic carbocycles. The average molecular weight is 509 g/mol. The lowest BCUT2D eigenvalue weighted by molar-refractivity contribution is -0.142. The second-order valence-electron chi connectivity index (χ2n) is 8.03. The van der Waals surface area contributed by atoms with E-state index in [0.29, 0.717) is 18.7 Å². The Morgan fingerprint density at radius 2 is 1.70 bits per heavy atom. The van der Waals surface area contributed by atoms with Gasteiger partial charge in [0.05, 0.1) is 0 Å². The van der Waals surface area contributed by atoms with Crippen LogP contribution in [0.2, 0.25) is 0 Å². The van der Waals surface area contributed by atoms with Crippen LogP contribution in [0, 0.1) is 13.8 Å². The van der Waals surface area contributed by atoms with E-state index in [2.05, 4.69) is 21.2 Å². The maximum atomic E-state index is 13.4. The van der Waals surface area contributed by atoms with E-state index in [4.69, 9.17) is 4.74 Å². The van der Waals surface area contributed by atoms with E-state index >= 15 is 0 Å². The summed E-state index contributed by atoms with van der Waals surface area (Å²) < 4.78 is 6.79. The van der Waals surface area contributed by atoms with Crippen LogP contribution in [0.3, 0.4) is 0 Å². The van der Waals surface area contributed by atoms with Crippen molar-refractivity contribution in [2.75, 3.05) is 13.7 Å². The van der Waals surface area contributed by atoms with Crippen molar-refractivity contribution < 1.29 is 14.3 Å². The largest absolute Gasteiger partial charge is 0.483 e. The van der Waals surface area contributed by atoms with Crippen LogP contribution >= 0.6 is 15.9 Å². The van der Waals surface area contributed by atoms with E-state index in [1.165, 1.54) is 0 Å². The molecule has 0 saturated carbocycles. The minimum Gasteiger partial charge on any atom is -0.483 e. The Morgan fingerprint density at radius 1 is 0.970 bits per heavy atom. The number of rotatable bonds is 9. The van der Waals surface area contributed by atoms with Crippen LogP contribution in [-0.2, 0) is 22.6 Å². The van der Waals surface area contributed by atoms with Crippen molar-refractivity contribution in [2.45, 2.75) is 32.9 Å². The summed E-state index contributed by atoms with van der Waals surface area (Å²) in [5.74, 6) is 0.198. The molecular weight excluding hydrogens is 480 g/mol. The van der Waals surface area contributed by atoms with Crippen molar-refractivity contribution in [1.29, 1.82) is 0 Å². The van der Waals surface area contributed by atoms with Crippen molar-refractivity contribution in [3.05, 3.63) is 99.5 Å². The highest BCUT2D eigenvalue weighted by atomic mass is 79.9. The number of aryl methyl sites for hydroxylation is 2. The standard InChI is InChI=1S/C27H29BrN2O3/c1-19-12-13-25(20(2)14-19)33-18-26(31)30(17-22-10-7-11-23(28)15-22)24(27(32)29-3)16-21-8-5-4-6-9-21/h4-15,24H,16-18H2,1-3H3,(H,29,32). The minimum absolute atomic E-state index is 0.153. The third kappa shape index (κ3) is 6.93. The number of carbonyl (C=O) groups excluding carboxylic acids is 2. The second kappa shape index (κ2) is 11.7. The zero-order valence-corrected chi connectivity index (χ0v) is 20.8. The molecule has 0 spiro atoms. The molecule has 1 N–H and O–H groups in total. The van der Waals surface area contributed by atoms with E-state index < -0.39 is 6.04 Å². The molecule has 5 nitrogen and oxygen atoms in total. The van der Waals surface area contributed by atoms with Crippen molar-refractivity contribution in [3.8, 4) is 5.75 Å². The molecule has 1 unspecified atom stereocenters. The SMILES string of the molecule is CNC(=O)C(Cc1ccccc1)N(Cc1cccc(Br)c1)C(=O)COc1ccc(C)cc1C. The van der Waals surface area contributed by atoms with Gasteiger partial charge in [0, 0.05) is 24.5 Å². The molecule has 2 amide bonds. The fourth-order valence-corrected chi connectivity index (χ4v) is 4.18. The summed E-state index contributed by atoms with van der Waals surface area (Å²) in [6.07, 6.45) is 0.407. The Hall–Kier alpha value is -3.12. The Balaban J connectivity index is 1.88. The lowest BCUT2D eigenvalue weighted by atomic mass is 10.0. The monoisotopic (exact) mass is 508 g/mol. The molecule has 33 heavy (non-hydrogen) atoms. The summed E-state index contributed by atoms with van der Waals surface area (Å²) in [6, 6.07) is 22.6. The van der Waals surface area contributed by atoms with Gasteiger partial charge in [-0.1, -0.05) is 76.1 Å². The van der Waals surface area contributed by atoms with Crippen LogP contribution in [-0.4, -0.2) is 36.4 Å². The van der Waals surface area contributed by atoms with Crippen LogP contribution in [0.15, 0.2) is 77.3 Å². The zero-order chi connectivity index (χ0) is 23.8. The summed E-state index contributed by atoms with van der Waals surface area (Å²) in [6.45, 7) is 4.10. The van der Waals surface area contributed by atoms with Gasteiger partial charge < -0.3 is 15.0 Å². The molecule has 0 saturated heterocycles. The number of nitrogens with zero attached hydrogens (tertiary/aromatic N) is 1. The van der Waals surface area contributed by atoms with Crippen LogP contribution in [0.25, 0.3) is 0 Å². The molecule has 3 aromatic rings. The lowest BCUT2D eigenvalue weighted by Gasteiger charge is -2.31. The number of hydrogen-bond donors (Lipinski definition) is 1. The first-order valence-electron chi connectivity index (χ1n) is 10.9. The fourth-order valence-electron chi connectivity index (χ4n) is 3.74. The number of likely N-dealkylation sites (N-methyl/N-ethyl adjacent to an activating group) is 1. The van der Waals surface area contributed by atoms with E-state index in [1.54, 1.807) is 11.9 Å². The lowest BCUT2D eigenvalue weighted by Crippen LogP contribution is -2.51. The molecule has 172 valence electrons. The van der Waals surface area contributed by atoms with Gasteiger partial charge in [-0.25, -0.2) is 0 Å². The van der Waals surface area contributed by atoms with Gasteiger partial charge >= 0.3 is 0 Å². The third-order valence-corrected chi connectivity index (χ3v) is 5.93. The highest BCUT2D eigenvalue weighted by molar-refractivity contribution is 9.10. The van der Waals surface area contributed by atoms with Gasteiger partial charge in [-0.3, -0.25) is 9.59 Å². The summed E-state index contributed by atoms with van der Waals surface area (Å²) in [4.78, 5) is 28.0. The highest BCUT2D eigenvalue weighted by Gasteiger charge is 2.30. The molecule has 0 fully saturated rings. The molecule has 0 radical (unpaired) electrons. The highest BCUT2D eigenvalue weighted by Crippen LogP contribution is 2.21. The molecule has 0 bridgehead atoms. The molecule has 0 heterocycles. The smallest absolute Gasteiger partial charge is 0.261 e. The maximum Gasteiger partial charge on any atom is 0.261 e. The van der Waals surface area contributed by atoms with Gasteiger partial charge in [0.1, 0.15) is 11.8 Å². The molecule has 1 atom stereocenters. The predicted octanol–water partition coefficient (Wildman–Crippen LogP) is 4.83. The van der Waals surface area contributed by atoms with Crippen LogP contribution in [0.5, 0.6) is 5.75 Å². The van der Waals surface area contributed by atoms with E-state index in [1.807, 2.05) is 86.6 Å². The summed E-state index contributed by atoms with van der Waals surface area (Å²) >= 11 is 3.49. The average Bonchev–Trinajstić information content (AvgIpc) is 2.81. The molecule has 6 heteroatoms. The third-order valence-electron chi connectivity index (χ3n) is 5.44. The van der Waals surface area contributed by atoms with E-state index in [0.717, 1.165) is 26.7 Å². The zero-order valence-electron chi connectivity index (χ0n) is 19.2. The Kier molecular flexibility index (Phi) is 8.66. The number of halogens is 1. The molecule has 0 aliphatic rings. The first-order chi connectivity index (χ1) is 15.9. The molecular formula is C27H29BrN2O3. The van der Waals surface area contributed by atoms with Gasteiger partial charge in [0.25, 0.3) is 5.91 Å². The van der Waals surface area contributed by atoms with Crippen LogP contribution in [0.1, 0.15) is 22.3 Å². The number of hydrogen-bond acceptors (Lipinski definition) is 3. The number of ether oxygens (including phenoxy) is 1. The summed E-state index contributed by atoms with van der Waals surface area (Å²) in [5.41, 5.74) is 4.00. The predicted molar refractivity (Wildman–Crippen MR) is 134 cm³/mol. The first kappa shape index (κ1) is 24.5. The summed E-state index contributed by atoms with van der Waals surface area (Å²) in [7, 11) is 1.59. The van der Waals surface area contributed by atoms with Gasteiger partial charge in [-0.05, 0) is 48.7 Å². The molecule has 0 aromatic heterocycles. The van der Waals surface area contributed by atoms with E-state index in [9.17, 15) is 9.59 Å². The molecule has 3 aromatic carbocycles. The van der Waals surface area contributed by atoms with Crippen LogP contribution in [0.4, 0.5) is 0 Å². The number of nitrogens with one attached hydrogen (secondary N) is 1. The van der Waals surface area contributed by atoms with E-state index in [-0.39, 0.29) is 18.4 Å². The van der Waals surface area contributed by atoms with Gasteiger partial charge in [0.2, 0.25) is 5.91 Å². The Morgan fingerprint density at radius 3 is 2.36 bits per heavy atom. The fraction of sp³-hybridized carbons (Fsp3) is 0.259. The normalized spacial score (nSPS) is 11.5. The topological polar surface area (TPSA) is 58.6 Å². The van der Waals surface area contributed by atoms with Gasteiger partial charge in [0.15, 0.2) is 6.61 Å². The van der Waals surface area contributed by atoms with Gasteiger partial charge in [-0.2, -0.15) is 0 Å². The Bertz CT molecular complexity index is 1100. The number of benzene rings is 3. The van der Waals surface area contributed by atoms with Crippen molar-refractivity contribution in [3.63, 3.8) is 0 Å². The molecule has 3 rings (SSSR count). The maximum absolute atomic E-state index is 13.4. The van der Waals surface area contributed by atoms with Crippen molar-refractivity contribution >= 4 is 27.7 Å². The molecule has 0 aliphatic heterocycles. The quantitative estimate of drug-likeness (QED) is 0.450. The minimum atomic E-state index is -0.674. The number of carbonyl (C=O) groups is 2. The van der Waals surface area contributed by atoms with Crippen molar-refractivity contribution in [2.24, 2.45) is 0 Å².